The highest BCUT2D eigenvalue weighted by Crippen LogP contribution is 2.37. The number of aryl methyl sites for hydroxylation is 1. The van der Waals surface area contributed by atoms with Crippen LogP contribution < -0.4 is 10.6 Å². The second-order valence-electron chi connectivity index (χ2n) is 6.14. The molecule has 2 N–H and O–H groups in total. The van der Waals surface area contributed by atoms with E-state index in [1.165, 1.54) is 12.1 Å². The van der Waals surface area contributed by atoms with Crippen molar-refractivity contribution < 1.29 is 22.8 Å². The third-order valence-corrected chi connectivity index (χ3v) is 3.91. The van der Waals surface area contributed by atoms with Gasteiger partial charge in [-0.15, -0.1) is 0 Å². The molecule has 0 bridgehead atoms. The molecule has 1 aromatic carbocycles. The van der Waals surface area contributed by atoms with Gasteiger partial charge in [-0.2, -0.15) is 13.2 Å². The fourth-order valence-electron chi connectivity index (χ4n) is 2.41. The van der Waals surface area contributed by atoms with Crippen LogP contribution in [0, 0.1) is 12.8 Å². The van der Waals surface area contributed by atoms with Crippen molar-refractivity contribution in [2.75, 3.05) is 10.6 Å². The summed E-state index contributed by atoms with van der Waals surface area (Å²) in [6, 6.07) is 7.96. The van der Waals surface area contributed by atoms with Crippen LogP contribution in [0.15, 0.2) is 36.4 Å². The van der Waals surface area contributed by atoms with E-state index in [-0.39, 0.29) is 23.2 Å². The Morgan fingerprint density at radius 3 is 2.46 bits per heavy atom. The predicted molar refractivity (Wildman–Crippen MR) is 89.7 cm³/mol. The maximum atomic E-state index is 13.4. The maximum Gasteiger partial charge on any atom is 0.418 e. The molecule has 1 aliphatic rings. The van der Waals surface area contributed by atoms with E-state index in [1.807, 2.05) is 0 Å². The molecule has 1 saturated carbocycles. The number of pyridine rings is 1. The Bertz CT molecular complexity index is 861. The van der Waals surface area contributed by atoms with Gasteiger partial charge in [0.25, 0.3) is 5.91 Å². The lowest BCUT2D eigenvalue weighted by Crippen LogP contribution is -2.19. The first-order valence-electron chi connectivity index (χ1n) is 8.01. The van der Waals surface area contributed by atoms with Gasteiger partial charge in [0.15, 0.2) is 0 Å². The fraction of sp³-hybridized carbons (Fsp3) is 0.278. The van der Waals surface area contributed by atoms with Crippen LogP contribution >= 0.6 is 0 Å². The predicted octanol–water partition coefficient (Wildman–Crippen LogP) is 4.01. The lowest BCUT2D eigenvalue weighted by atomic mass is 10.1. The van der Waals surface area contributed by atoms with Crippen molar-refractivity contribution in [3.8, 4) is 0 Å². The van der Waals surface area contributed by atoms with E-state index < -0.39 is 23.3 Å². The molecule has 0 radical (unpaired) electrons. The summed E-state index contributed by atoms with van der Waals surface area (Å²) in [7, 11) is 0. The molecule has 2 amide bonds. The number of carbonyl (C=O) groups excluding carboxylic acids is 2. The van der Waals surface area contributed by atoms with Crippen molar-refractivity contribution in [3.63, 3.8) is 0 Å². The second kappa shape index (κ2) is 6.78. The van der Waals surface area contributed by atoms with E-state index in [0.29, 0.717) is 5.69 Å². The molecule has 1 aliphatic carbocycles. The summed E-state index contributed by atoms with van der Waals surface area (Å²) in [6.07, 6.45) is -3.20. The molecule has 3 rings (SSSR count). The third kappa shape index (κ3) is 4.19. The van der Waals surface area contributed by atoms with E-state index in [0.717, 1.165) is 25.0 Å². The molecule has 5 nitrogen and oxygen atoms in total. The number of aromatic nitrogens is 1. The molecule has 8 heteroatoms. The summed E-state index contributed by atoms with van der Waals surface area (Å²) in [5, 5.41) is 4.71. The number of hydrogen-bond donors (Lipinski definition) is 2. The Hall–Kier alpha value is -2.90. The minimum absolute atomic E-state index is 0.0178. The Kier molecular flexibility index (Phi) is 4.67. The van der Waals surface area contributed by atoms with Crippen molar-refractivity contribution in [2.24, 2.45) is 5.92 Å². The number of hydrogen-bond acceptors (Lipinski definition) is 3. The highest BCUT2D eigenvalue weighted by Gasteiger charge is 2.35. The van der Waals surface area contributed by atoms with Gasteiger partial charge in [-0.3, -0.25) is 9.59 Å². The standard InChI is InChI=1S/C18H16F3N3O2/c1-10-3-2-4-15(22-10)17(26)24-14-8-7-12(9-13(14)18(19,20)21)23-16(25)11-5-6-11/h2-4,7-9,11H,5-6H2,1H3,(H,23,25)(H,24,26). The number of rotatable bonds is 4. The van der Waals surface area contributed by atoms with Gasteiger partial charge in [0.2, 0.25) is 5.91 Å². The Labute approximate surface area is 147 Å². The first-order valence-corrected chi connectivity index (χ1v) is 8.01. The van der Waals surface area contributed by atoms with Gasteiger partial charge < -0.3 is 10.6 Å². The number of amides is 2. The zero-order chi connectivity index (χ0) is 18.9. The molecule has 0 atom stereocenters. The van der Waals surface area contributed by atoms with Crippen molar-refractivity contribution in [1.29, 1.82) is 0 Å². The van der Waals surface area contributed by atoms with E-state index in [2.05, 4.69) is 15.6 Å². The number of anilines is 2. The average molecular weight is 363 g/mol. The molecule has 136 valence electrons. The lowest BCUT2D eigenvalue weighted by molar-refractivity contribution is -0.137. The van der Waals surface area contributed by atoms with Crippen molar-refractivity contribution in [2.45, 2.75) is 25.9 Å². The van der Waals surface area contributed by atoms with Crippen LogP contribution in [0.2, 0.25) is 0 Å². The SMILES string of the molecule is Cc1cccc(C(=O)Nc2ccc(NC(=O)C3CC3)cc2C(F)(F)F)n1. The quantitative estimate of drug-likeness (QED) is 0.862. The van der Waals surface area contributed by atoms with Gasteiger partial charge in [-0.25, -0.2) is 4.98 Å². The molecule has 1 aromatic heterocycles. The summed E-state index contributed by atoms with van der Waals surface area (Å²) >= 11 is 0. The van der Waals surface area contributed by atoms with Crippen LogP contribution in [-0.4, -0.2) is 16.8 Å². The Morgan fingerprint density at radius 1 is 1.12 bits per heavy atom. The largest absolute Gasteiger partial charge is 0.418 e. The van der Waals surface area contributed by atoms with Gasteiger partial charge >= 0.3 is 6.18 Å². The molecule has 1 heterocycles. The van der Waals surface area contributed by atoms with E-state index in [4.69, 9.17) is 0 Å². The van der Waals surface area contributed by atoms with Crippen LogP contribution in [0.1, 0.15) is 34.6 Å². The van der Waals surface area contributed by atoms with E-state index >= 15 is 0 Å². The normalized spacial score (nSPS) is 14.0. The Morgan fingerprint density at radius 2 is 1.85 bits per heavy atom. The zero-order valence-corrected chi connectivity index (χ0v) is 13.9. The summed E-state index contributed by atoms with van der Waals surface area (Å²) in [5.41, 5.74) is -0.792. The minimum Gasteiger partial charge on any atom is -0.326 e. The maximum absolute atomic E-state index is 13.4. The van der Waals surface area contributed by atoms with Gasteiger partial charge in [-0.1, -0.05) is 6.07 Å². The monoisotopic (exact) mass is 363 g/mol. The summed E-state index contributed by atoms with van der Waals surface area (Å²) in [6.45, 7) is 1.68. The van der Waals surface area contributed by atoms with E-state index in [1.54, 1.807) is 19.1 Å². The molecule has 0 spiro atoms. The first kappa shape index (κ1) is 17.9. The zero-order valence-electron chi connectivity index (χ0n) is 13.9. The molecule has 0 aliphatic heterocycles. The number of halogens is 3. The smallest absolute Gasteiger partial charge is 0.326 e. The Balaban J connectivity index is 1.85. The molecule has 1 fully saturated rings. The second-order valence-corrected chi connectivity index (χ2v) is 6.14. The van der Waals surface area contributed by atoms with Crippen molar-refractivity contribution >= 4 is 23.2 Å². The summed E-state index contributed by atoms with van der Waals surface area (Å²) < 4.78 is 40.1. The lowest BCUT2D eigenvalue weighted by Gasteiger charge is -2.16. The molecule has 0 saturated heterocycles. The number of nitrogens with zero attached hydrogens (tertiary/aromatic N) is 1. The third-order valence-electron chi connectivity index (χ3n) is 3.91. The number of benzene rings is 1. The first-order chi connectivity index (χ1) is 12.2. The molecular formula is C18H16F3N3O2. The van der Waals surface area contributed by atoms with Gasteiger partial charge in [0.1, 0.15) is 5.69 Å². The number of carbonyl (C=O) groups is 2. The highest BCUT2D eigenvalue weighted by molar-refractivity contribution is 6.03. The average Bonchev–Trinajstić information content (AvgIpc) is 3.40. The molecular weight excluding hydrogens is 347 g/mol. The van der Waals surface area contributed by atoms with Crippen LogP contribution in [0.4, 0.5) is 24.5 Å². The topological polar surface area (TPSA) is 71.1 Å². The summed E-state index contributed by atoms with van der Waals surface area (Å²) in [4.78, 5) is 27.9. The molecule has 0 unspecified atom stereocenters. The number of nitrogens with one attached hydrogen (secondary N) is 2. The molecule has 26 heavy (non-hydrogen) atoms. The van der Waals surface area contributed by atoms with Gasteiger partial charge in [0.05, 0.1) is 11.3 Å². The van der Waals surface area contributed by atoms with Crippen LogP contribution in [-0.2, 0) is 11.0 Å². The summed E-state index contributed by atoms with van der Waals surface area (Å²) in [5.74, 6) is -1.16. The highest BCUT2D eigenvalue weighted by atomic mass is 19.4. The van der Waals surface area contributed by atoms with Gasteiger partial charge in [0, 0.05) is 17.3 Å². The van der Waals surface area contributed by atoms with E-state index in [9.17, 15) is 22.8 Å². The minimum atomic E-state index is -4.69. The van der Waals surface area contributed by atoms with Crippen molar-refractivity contribution in [3.05, 3.63) is 53.3 Å². The van der Waals surface area contributed by atoms with Crippen LogP contribution in [0.5, 0.6) is 0 Å². The van der Waals surface area contributed by atoms with Crippen LogP contribution in [0.3, 0.4) is 0 Å². The molecule has 2 aromatic rings. The van der Waals surface area contributed by atoms with Gasteiger partial charge in [-0.05, 0) is 50.1 Å². The van der Waals surface area contributed by atoms with Crippen LogP contribution in [0.25, 0.3) is 0 Å². The number of alkyl halides is 3. The fourth-order valence-corrected chi connectivity index (χ4v) is 2.41. The van der Waals surface area contributed by atoms with Crippen molar-refractivity contribution in [1.82, 2.24) is 4.98 Å².